The maximum absolute atomic E-state index is 12.7. The van der Waals surface area contributed by atoms with Crippen LogP contribution >= 0.6 is 0 Å². The van der Waals surface area contributed by atoms with E-state index in [1.54, 1.807) is 0 Å². The summed E-state index contributed by atoms with van der Waals surface area (Å²) in [6.45, 7) is 0.693. The standard InChI is InChI=1S/C14H11F3N2/c15-14(16,17)10-3-1-9-7-19-11-4-2-8(5-11)13(19)18-12(9)6-10/h2,4,6H,1,3,5,7H2. The van der Waals surface area contributed by atoms with Crippen molar-refractivity contribution in [1.29, 1.82) is 0 Å². The molecule has 0 atom stereocenters. The molecule has 19 heavy (non-hydrogen) atoms. The Morgan fingerprint density at radius 1 is 1.16 bits per heavy atom. The molecule has 0 unspecified atom stereocenters. The predicted octanol–water partition coefficient (Wildman–Crippen LogP) is 3.46. The number of rotatable bonds is 0. The molecular formula is C14H11F3N2. The smallest absolute Gasteiger partial charge is 0.325 e. The van der Waals surface area contributed by atoms with Gasteiger partial charge in [-0.1, -0.05) is 6.08 Å². The summed E-state index contributed by atoms with van der Waals surface area (Å²) in [5, 5.41) is 0. The Labute approximate surface area is 108 Å². The van der Waals surface area contributed by atoms with Crippen LogP contribution in [0.5, 0.6) is 0 Å². The zero-order valence-electron chi connectivity index (χ0n) is 10.1. The fourth-order valence-corrected chi connectivity index (χ4v) is 3.02. The van der Waals surface area contributed by atoms with Crippen LogP contribution < -0.4 is 0 Å². The zero-order chi connectivity index (χ0) is 13.2. The lowest BCUT2D eigenvalue weighted by atomic mass is 9.94. The highest BCUT2D eigenvalue weighted by atomic mass is 19.4. The van der Waals surface area contributed by atoms with Crippen molar-refractivity contribution in [2.45, 2.75) is 25.4 Å². The van der Waals surface area contributed by atoms with Gasteiger partial charge in [0.1, 0.15) is 5.84 Å². The second-order valence-electron chi connectivity index (χ2n) is 5.20. The molecule has 0 N–H and O–H groups in total. The van der Waals surface area contributed by atoms with Gasteiger partial charge in [0.15, 0.2) is 0 Å². The van der Waals surface area contributed by atoms with E-state index in [0.29, 0.717) is 18.7 Å². The molecule has 0 saturated carbocycles. The van der Waals surface area contributed by atoms with Crippen molar-refractivity contribution >= 4 is 5.84 Å². The molecule has 2 aliphatic heterocycles. The van der Waals surface area contributed by atoms with Crippen molar-refractivity contribution < 1.29 is 13.2 Å². The average Bonchev–Trinajstić information content (AvgIpc) is 2.96. The molecule has 2 nitrogen and oxygen atoms in total. The van der Waals surface area contributed by atoms with Crippen LogP contribution in [0.15, 0.2) is 51.3 Å². The minimum atomic E-state index is -4.23. The van der Waals surface area contributed by atoms with Gasteiger partial charge in [-0.2, -0.15) is 13.2 Å². The van der Waals surface area contributed by atoms with Gasteiger partial charge in [0.25, 0.3) is 0 Å². The van der Waals surface area contributed by atoms with Crippen molar-refractivity contribution in [2.24, 2.45) is 4.99 Å². The highest BCUT2D eigenvalue weighted by Crippen LogP contribution is 2.42. The minimum absolute atomic E-state index is 0.0722. The van der Waals surface area contributed by atoms with Gasteiger partial charge in [-0.15, -0.1) is 0 Å². The van der Waals surface area contributed by atoms with E-state index in [1.165, 1.54) is 11.8 Å². The van der Waals surface area contributed by atoms with Gasteiger partial charge in [-0.05, 0) is 30.6 Å². The lowest BCUT2D eigenvalue weighted by Crippen LogP contribution is -2.32. The number of fused-ring (bicyclic) bond motifs is 5. The first-order valence-corrected chi connectivity index (χ1v) is 6.28. The van der Waals surface area contributed by atoms with E-state index in [4.69, 9.17) is 0 Å². The topological polar surface area (TPSA) is 15.6 Å². The molecule has 2 bridgehead atoms. The Morgan fingerprint density at radius 3 is 2.79 bits per heavy atom. The SMILES string of the molecule is FC(F)(F)C1=CC2=C(CC1)CN1C3=CC=C(C3)C1=N2. The maximum Gasteiger partial charge on any atom is 0.412 e. The summed E-state index contributed by atoms with van der Waals surface area (Å²) in [4.78, 5) is 6.57. The highest BCUT2D eigenvalue weighted by Gasteiger charge is 2.39. The Balaban J connectivity index is 1.75. The average molecular weight is 264 g/mol. The second kappa shape index (κ2) is 3.40. The largest absolute Gasteiger partial charge is 0.412 e. The summed E-state index contributed by atoms with van der Waals surface area (Å²) < 4.78 is 38.2. The van der Waals surface area contributed by atoms with Crippen LogP contribution in [-0.2, 0) is 0 Å². The number of halogens is 3. The summed E-state index contributed by atoms with van der Waals surface area (Å²) in [7, 11) is 0. The van der Waals surface area contributed by atoms with Gasteiger partial charge < -0.3 is 4.90 Å². The zero-order valence-corrected chi connectivity index (χ0v) is 10.1. The third kappa shape index (κ3) is 1.54. The van der Waals surface area contributed by atoms with Crippen molar-refractivity contribution in [3.63, 3.8) is 0 Å². The molecule has 2 aliphatic carbocycles. The minimum Gasteiger partial charge on any atom is -0.325 e. The fraction of sp³-hybridized carbons (Fsp3) is 0.357. The molecule has 1 fully saturated rings. The van der Waals surface area contributed by atoms with Crippen molar-refractivity contribution in [3.8, 4) is 0 Å². The monoisotopic (exact) mass is 264 g/mol. The Morgan fingerprint density at radius 2 is 2.00 bits per heavy atom. The molecule has 2 heterocycles. The van der Waals surface area contributed by atoms with E-state index in [0.717, 1.165) is 23.4 Å². The Kier molecular flexibility index (Phi) is 1.99. The van der Waals surface area contributed by atoms with Gasteiger partial charge in [0.2, 0.25) is 0 Å². The number of nitrogens with zero attached hydrogens (tertiary/aromatic N) is 2. The molecule has 0 amide bonds. The first kappa shape index (κ1) is 11.1. The van der Waals surface area contributed by atoms with Crippen LogP contribution in [0.4, 0.5) is 13.2 Å². The lowest BCUT2D eigenvalue weighted by Gasteiger charge is -2.31. The normalized spacial score (nSPS) is 24.7. The molecule has 5 heteroatoms. The van der Waals surface area contributed by atoms with E-state index in [1.807, 2.05) is 6.08 Å². The molecule has 0 aromatic rings. The molecule has 0 aromatic carbocycles. The summed E-state index contributed by atoms with van der Waals surface area (Å²) in [6, 6.07) is 0. The third-order valence-electron chi connectivity index (χ3n) is 4.05. The van der Waals surface area contributed by atoms with E-state index in [-0.39, 0.29) is 6.42 Å². The van der Waals surface area contributed by atoms with Crippen LogP contribution in [0.2, 0.25) is 0 Å². The molecule has 0 spiro atoms. The summed E-state index contributed by atoms with van der Waals surface area (Å²) in [5.74, 6) is 0.843. The molecule has 4 rings (SSSR count). The van der Waals surface area contributed by atoms with E-state index < -0.39 is 11.7 Å². The molecule has 4 aliphatic rings. The molecular weight excluding hydrogens is 253 g/mol. The Hall–Kier alpha value is -1.78. The van der Waals surface area contributed by atoms with Crippen molar-refractivity contribution in [1.82, 2.24) is 4.90 Å². The number of hydrogen-bond acceptors (Lipinski definition) is 2. The third-order valence-corrected chi connectivity index (χ3v) is 4.05. The molecule has 1 saturated heterocycles. The van der Waals surface area contributed by atoms with Gasteiger partial charge >= 0.3 is 6.18 Å². The first-order chi connectivity index (χ1) is 9.02. The fourth-order valence-electron chi connectivity index (χ4n) is 3.02. The van der Waals surface area contributed by atoms with Crippen LogP contribution in [-0.4, -0.2) is 23.5 Å². The Bertz CT molecular complexity index is 630. The summed E-state index contributed by atoms with van der Waals surface area (Å²) in [6.07, 6.45) is 2.47. The number of amidine groups is 1. The van der Waals surface area contributed by atoms with Crippen LogP contribution in [0, 0.1) is 0 Å². The van der Waals surface area contributed by atoms with Gasteiger partial charge in [-0.25, -0.2) is 4.99 Å². The van der Waals surface area contributed by atoms with Gasteiger partial charge in [-0.3, -0.25) is 0 Å². The number of allylic oxidation sites excluding steroid dienone is 5. The van der Waals surface area contributed by atoms with Crippen molar-refractivity contribution in [2.75, 3.05) is 6.54 Å². The predicted molar refractivity (Wildman–Crippen MR) is 65.3 cm³/mol. The number of aliphatic imine (C=N–C) groups is 1. The van der Waals surface area contributed by atoms with Gasteiger partial charge in [0.05, 0.1) is 5.70 Å². The molecule has 0 radical (unpaired) electrons. The highest BCUT2D eigenvalue weighted by molar-refractivity contribution is 6.05. The summed E-state index contributed by atoms with van der Waals surface area (Å²) in [5.41, 5.74) is 3.42. The molecule has 98 valence electrons. The number of hydrogen-bond donors (Lipinski definition) is 0. The van der Waals surface area contributed by atoms with Gasteiger partial charge in [0, 0.05) is 29.8 Å². The van der Waals surface area contributed by atoms with Crippen LogP contribution in [0.3, 0.4) is 0 Å². The maximum atomic E-state index is 12.7. The van der Waals surface area contributed by atoms with Crippen LogP contribution in [0.25, 0.3) is 0 Å². The number of alkyl halides is 3. The quantitative estimate of drug-likeness (QED) is 0.654. The van der Waals surface area contributed by atoms with E-state index in [9.17, 15) is 13.2 Å². The van der Waals surface area contributed by atoms with E-state index >= 15 is 0 Å². The first-order valence-electron chi connectivity index (χ1n) is 6.28. The lowest BCUT2D eigenvalue weighted by molar-refractivity contribution is -0.0942. The summed E-state index contributed by atoms with van der Waals surface area (Å²) >= 11 is 0. The van der Waals surface area contributed by atoms with Crippen LogP contribution in [0.1, 0.15) is 19.3 Å². The molecule has 0 aromatic heterocycles. The second-order valence-corrected chi connectivity index (χ2v) is 5.20. The van der Waals surface area contributed by atoms with Crippen molar-refractivity contribution in [3.05, 3.63) is 46.3 Å². The van der Waals surface area contributed by atoms with E-state index in [2.05, 4.69) is 16.0 Å².